The van der Waals surface area contributed by atoms with E-state index < -0.39 is 11.7 Å². The van der Waals surface area contributed by atoms with Gasteiger partial charge in [0.05, 0.1) is 13.7 Å². The average molecular weight is 317 g/mol. The van der Waals surface area contributed by atoms with Gasteiger partial charge >= 0.3 is 6.09 Å². The molecule has 0 atom stereocenters. The second-order valence-corrected chi connectivity index (χ2v) is 5.59. The van der Waals surface area contributed by atoms with Gasteiger partial charge in [0.2, 0.25) is 5.88 Å². The number of pyridine rings is 1. The van der Waals surface area contributed by atoms with Crippen LogP contribution in [0.4, 0.5) is 4.79 Å². The number of rotatable bonds is 3. The second-order valence-electron chi connectivity index (χ2n) is 4.68. The number of ether oxygens (including phenoxy) is 2. The molecule has 0 bridgehead atoms. The summed E-state index contributed by atoms with van der Waals surface area (Å²) in [6, 6.07) is 1.84. The number of nitrogens with zero attached hydrogens (tertiary/aromatic N) is 1. The van der Waals surface area contributed by atoms with Crippen molar-refractivity contribution >= 4 is 22.0 Å². The lowest BCUT2D eigenvalue weighted by molar-refractivity contribution is 0.0523. The van der Waals surface area contributed by atoms with Gasteiger partial charge < -0.3 is 14.8 Å². The minimum absolute atomic E-state index is 0.296. The Morgan fingerprint density at radius 3 is 2.72 bits per heavy atom. The lowest BCUT2D eigenvalue weighted by atomic mass is 10.2. The summed E-state index contributed by atoms with van der Waals surface area (Å²) in [5.74, 6) is 0.481. The fourth-order valence-electron chi connectivity index (χ4n) is 1.26. The first-order valence-electron chi connectivity index (χ1n) is 5.47. The SMILES string of the molecule is COc1ncc(Br)cc1CNC(=O)OC(C)(C)C. The van der Waals surface area contributed by atoms with Crippen molar-refractivity contribution in [2.24, 2.45) is 0 Å². The first kappa shape index (κ1) is 14.8. The Bertz CT molecular complexity index is 430. The smallest absolute Gasteiger partial charge is 0.407 e. The van der Waals surface area contributed by atoms with Crippen LogP contribution in [-0.4, -0.2) is 23.8 Å². The molecular formula is C12H17BrN2O3. The normalized spacial score (nSPS) is 10.9. The maximum atomic E-state index is 11.5. The Balaban J connectivity index is 2.63. The molecule has 1 rings (SSSR count). The van der Waals surface area contributed by atoms with Gasteiger partial charge in [-0.15, -0.1) is 0 Å². The highest BCUT2D eigenvalue weighted by Gasteiger charge is 2.16. The minimum Gasteiger partial charge on any atom is -0.481 e. The van der Waals surface area contributed by atoms with Crippen LogP contribution in [0.3, 0.4) is 0 Å². The predicted octanol–water partition coefficient (Wildman–Crippen LogP) is 2.88. The van der Waals surface area contributed by atoms with Crippen LogP contribution in [0.2, 0.25) is 0 Å². The summed E-state index contributed by atoms with van der Waals surface area (Å²) in [4.78, 5) is 15.6. The summed E-state index contributed by atoms with van der Waals surface area (Å²) in [7, 11) is 1.53. The summed E-state index contributed by atoms with van der Waals surface area (Å²) in [5, 5.41) is 2.66. The van der Waals surface area contributed by atoms with Crippen LogP contribution in [-0.2, 0) is 11.3 Å². The molecule has 0 saturated carbocycles. The number of aromatic nitrogens is 1. The maximum absolute atomic E-state index is 11.5. The van der Waals surface area contributed by atoms with Gasteiger partial charge in [0.1, 0.15) is 5.60 Å². The Labute approximate surface area is 115 Å². The molecule has 1 amide bonds. The highest BCUT2D eigenvalue weighted by Crippen LogP contribution is 2.19. The average Bonchev–Trinajstić information content (AvgIpc) is 2.24. The van der Waals surface area contributed by atoms with Crippen LogP contribution in [0, 0.1) is 0 Å². The lowest BCUT2D eigenvalue weighted by Gasteiger charge is -2.19. The number of carbonyl (C=O) groups excluding carboxylic acids is 1. The van der Waals surface area contributed by atoms with Crippen molar-refractivity contribution in [3.05, 3.63) is 22.3 Å². The third kappa shape index (κ3) is 4.91. The van der Waals surface area contributed by atoms with Gasteiger partial charge in [-0.05, 0) is 42.8 Å². The number of amides is 1. The molecule has 18 heavy (non-hydrogen) atoms. The van der Waals surface area contributed by atoms with Crippen LogP contribution < -0.4 is 10.1 Å². The Kier molecular flexibility index (Phi) is 4.95. The highest BCUT2D eigenvalue weighted by molar-refractivity contribution is 9.10. The van der Waals surface area contributed by atoms with Gasteiger partial charge in [-0.3, -0.25) is 0 Å². The number of nitrogens with one attached hydrogen (secondary N) is 1. The van der Waals surface area contributed by atoms with E-state index in [4.69, 9.17) is 9.47 Å². The minimum atomic E-state index is -0.510. The molecule has 0 aliphatic carbocycles. The van der Waals surface area contributed by atoms with Crippen molar-refractivity contribution in [2.45, 2.75) is 32.9 Å². The van der Waals surface area contributed by atoms with Crippen molar-refractivity contribution in [3.8, 4) is 5.88 Å². The quantitative estimate of drug-likeness (QED) is 0.931. The molecule has 5 nitrogen and oxygen atoms in total. The molecule has 0 fully saturated rings. The number of methoxy groups -OCH3 is 1. The number of carbonyl (C=O) groups is 1. The first-order chi connectivity index (χ1) is 8.31. The molecule has 6 heteroatoms. The summed E-state index contributed by atoms with van der Waals surface area (Å²) in [6.07, 6.45) is 1.17. The first-order valence-corrected chi connectivity index (χ1v) is 6.26. The zero-order valence-electron chi connectivity index (χ0n) is 10.9. The zero-order chi connectivity index (χ0) is 13.8. The summed E-state index contributed by atoms with van der Waals surface area (Å²) >= 11 is 3.32. The lowest BCUT2D eigenvalue weighted by Crippen LogP contribution is -2.32. The summed E-state index contributed by atoms with van der Waals surface area (Å²) in [5.41, 5.74) is 0.265. The highest BCUT2D eigenvalue weighted by atomic mass is 79.9. The molecule has 0 radical (unpaired) electrons. The molecular weight excluding hydrogens is 300 g/mol. The van der Waals surface area contributed by atoms with E-state index in [1.54, 1.807) is 6.20 Å². The number of hydrogen-bond donors (Lipinski definition) is 1. The van der Waals surface area contributed by atoms with E-state index in [9.17, 15) is 4.79 Å². The van der Waals surface area contributed by atoms with Gasteiger partial charge in [0.25, 0.3) is 0 Å². The van der Waals surface area contributed by atoms with E-state index >= 15 is 0 Å². The van der Waals surface area contributed by atoms with E-state index in [0.717, 1.165) is 10.0 Å². The predicted molar refractivity (Wildman–Crippen MR) is 71.6 cm³/mol. The molecule has 1 aromatic heterocycles. The van der Waals surface area contributed by atoms with Crippen molar-refractivity contribution in [3.63, 3.8) is 0 Å². The van der Waals surface area contributed by atoms with E-state index in [1.807, 2.05) is 26.8 Å². The van der Waals surface area contributed by atoms with Crippen LogP contribution in [0.15, 0.2) is 16.7 Å². The zero-order valence-corrected chi connectivity index (χ0v) is 12.5. The van der Waals surface area contributed by atoms with Crippen molar-refractivity contribution in [1.29, 1.82) is 0 Å². The van der Waals surface area contributed by atoms with Gasteiger partial charge in [0, 0.05) is 16.2 Å². The number of hydrogen-bond acceptors (Lipinski definition) is 4. The van der Waals surface area contributed by atoms with Gasteiger partial charge in [-0.25, -0.2) is 9.78 Å². The molecule has 1 aromatic rings. The van der Waals surface area contributed by atoms with E-state index in [1.165, 1.54) is 7.11 Å². The summed E-state index contributed by atoms with van der Waals surface area (Å²) in [6.45, 7) is 5.74. The monoisotopic (exact) mass is 316 g/mol. The maximum Gasteiger partial charge on any atom is 0.407 e. The standard InChI is InChI=1S/C12H17BrN2O3/c1-12(2,3)18-11(16)15-6-8-5-9(13)7-14-10(8)17-4/h5,7H,6H2,1-4H3,(H,15,16). The molecule has 0 aromatic carbocycles. The van der Waals surface area contributed by atoms with Gasteiger partial charge in [-0.2, -0.15) is 0 Å². The van der Waals surface area contributed by atoms with E-state index in [0.29, 0.717) is 12.4 Å². The fourth-order valence-corrected chi connectivity index (χ4v) is 1.64. The third-order valence-electron chi connectivity index (χ3n) is 1.91. The molecule has 0 spiro atoms. The number of halogens is 1. The molecule has 0 aliphatic heterocycles. The van der Waals surface area contributed by atoms with Crippen LogP contribution in [0.1, 0.15) is 26.3 Å². The van der Waals surface area contributed by atoms with Crippen molar-refractivity contribution < 1.29 is 14.3 Å². The molecule has 0 unspecified atom stereocenters. The van der Waals surface area contributed by atoms with E-state index in [2.05, 4.69) is 26.2 Å². The Morgan fingerprint density at radius 2 is 2.17 bits per heavy atom. The van der Waals surface area contributed by atoms with Gasteiger partial charge in [-0.1, -0.05) is 0 Å². The van der Waals surface area contributed by atoms with Crippen molar-refractivity contribution in [1.82, 2.24) is 10.3 Å². The fraction of sp³-hybridized carbons (Fsp3) is 0.500. The second kappa shape index (κ2) is 6.04. The Morgan fingerprint density at radius 1 is 1.50 bits per heavy atom. The van der Waals surface area contributed by atoms with Crippen LogP contribution in [0.25, 0.3) is 0 Å². The van der Waals surface area contributed by atoms with Crippen molar-refractivity contribution in [2.75, 3.05) is 7.11 Å². The Hall–Kier alpha value is -1.30. The van der Waals surface area contributed by atoms with Crippen LogP contribution in [0.5, 0.6) is 5.88 Å². The van der Waals surface area contributed by atoms with E-state index in [-0.39, 0.29) is 0 Å². The topological polar surface area (TPSA) is 60.5 Å². The van der Waals surface area contributed by atoms with Gasteiger partial charge in [0.15, 0.2) is 0 Å². The number of alkyl carbamates (subject to hydrolysis) is 1. The molecule has 100 valence electrons. The largest absolute Gasteiger partial charge is 0.481 e. The molecule has 0 saturated heterocycles. The third-order valence-corrected chi connectivity index (χ3v) is 2.34. The van der Waals surface area contributed by atoms with Crippen LogP contribution >= 0.6 is 15.9 Å². The molecule has 1 heterocycles. The summed E-state index contributed by atoms with van der Waals surface area (Å²) < 4.78 is 11.1. The molecule has 0 aliphatic rings. The molecule has 1 N–H and O–H groups in total.